The summed E-state index contributed by atoms with van der Waals surface area (Å²) in [6.07, 6.45) is 4.00. The molecule has 0 bridgehead atoms. The number of anilines is 1. The van der Waals surface area contributed by atoms with Crippen LogP contribution in [0.1, 0.15) is 31.7 Å². The van der Waals surface area contributed by atoms with Crippen LogP contribution >= 0.6 is 0 Å². The van der Waals surface area contributed by atoms with Gasteiger partial charge in [-0.2, -0.15) is 0 Å². The molecule has 3 heteroatoms. The fraction of sp³-hybridized carbons (Fsp3) is 0.500. The van der Waals surface area contributed by atoms with Gasteiger partial charge in [0.05, 0.1) is 6.42 Å². The van der Waals surface area contributed by atoms with Gasteiger partial charge in [-0.25, -0.2) is 0 Å². The molecule has 0 aromatic heterocycles. The Morgan fingerprint density at radius 1 is 1.35 bits per heavy atom. The standard InChI is InChI=1S/C14H20N2O/c1-11-4-2-3-9-16(11)14(17)10-12-5-7-13(15)8-6-12/h5-8,11H,2-4,9-10,15H2,1H3. The number of hydrogen-bond acceptors (Lipinski definition) is 2. The Morgan fingerprint density at radius 3 is 2.71 bits per heavy atom. The van der Waals surface area contributed by atoms with E-state index < -0.39 is 0 Å². The minimum absolute atomic E-state index is 0.238. The Labute approximate surface area is 103 Å². The molecule has 2 rings (SSSR count). The lowest BCUT2D eigenvalue weighted by molar-refractivity contribution is -0.133. The fourth-order valence-corrected chi connectivity index (χ4v) is 2.38. The minimum atomic E-state index is 0.238. The first-order valence-electron chi connectivity index (χ1n) is 6.30. The molecule has 92 valence electrons. The highest BCUT2D eigenvalue weighted by Gasteiger charge is 2.22. The molecule has 2 N–H and O–H groups in total. The van der Waals surface area contributed by atoms with Crippen molar-refractivity contribution < 1.29 is 4.79 Å². The first kappa shape index (κ1) is 12.0. The molecule has 17 heavy (non-hydrogen) atoms. The van der Waals surface area contributed by atoms with Crippen LogP contribution in [-0.4, -0.2) is 23.4 Å². The summed E-state index contributed by atoms with van der Waals surface area (Å²) in [7, 11) is 0. The van der Waals surface area contributed by atoms with Crippen LogP contribution in [0.5, 0.6) is 0 Å². The Hall–Kier alpha value is -1.51. The molecule has 0 spiro atoms. The number of hydrogen-bond donors (Lipinski definition) is 1. The molecule has 1 fully saturated rings. The minimum Gasteiger partial charge on any atom is -0.399 e. The molecule has 1 atom stereocenters. The Balaban J connectivity index is 1.98. The average Bonchev–Trinajstić information content (AvgIpc) is 2.32. The van der Waals surface area contributed by atoms with Gasteiger partial charge in [-0.3, -0.25) is 4.79 Å². The molecule has 1 aromatic rings. The molecule has 0 aliphatic carbocycles. The average molecular weight is 232 g/mol. The number of carbonyl (C=O) groups excluding carboxylic acids is 1. The van der Waals surface area contributed by atoms with E-state index in [1.165, 1.54) is 6.42 Å². The highest BCUT2D eigenvalue weighted by Crippen LogP contribution is 2.18. The number of carbonyl (C=O) groups is 1. The molecule has 0 radical (unpaired) electrons. The van der Waals surface area contributed by atoms with Crippen molar-refractivity contribution in [2.45, 2.75) is 38.6 Å². The predicted octanol–water partition coefficient (Wildman–Crippen LogP) is 2.21. The summed E-state index contributed by atoms with van der Waals surface area (Å²) >= 11 is 0. The first-order chi connectivity index (χ1) is 8.16. The lowest BCUT2D eigenvalue weighted by atomic mass is 10.0. The quantitative estimate of drug-likeness (QED) is 0.795. The maximum Gasteiger partial charge on any atom is 0.227 e. The van der Waals surface area contributed by atoms with Crippen molar-refractivity contribution in [1.82, 2.24) is 4.90 Å². The largest absolute Gasteiger partial charge is 0.399 e. The number of benzene rings is 1. The molecule has 1 heterocycles. The molecule has 3 nitrogen and oxygen atoms in total. The number of nitrogens with two attached hydrogens (primary N) is 1. The highest BCUT2D eigenvalue weighted by molar-refractivity contribution is 5.79. The monoisotopic (exact) mass is 232 g/mol. The van der Waals surface area contributed by atoms with E-state index in [4.69, 9.17) is 5.73 Å². The van der Waals surface area contributed by atoms with Crippen LogP contribution in [-0.2, 0) is 11.2 Å². The van der Waals surface area contributed by atoms with Crippen molar-refractivity contribution in [3.63, 3.8) is 0 Å². The van der Waals surface area contributed by atoms with Crippen molar-refractivity contribution in [2.75, 3.05) is 12.3 Å². The van der Waals surface area contributed by atoms with Gasteiger partial charge < -0.3 is 10.6 Å². The number of piperidine rings is 1. The van der Waals surface area contributed by atoms with Gasteiger partial charge >= 0.3 is 0 Å². The van der Waals surface area contributed by atoms with Gasteiger partial charge in [0.15, 0.2) is 0 Å². The summed E-state index contributed by atoms with van der Waals surface area (Å²) in [4.78, 5) is 14.2. The van der Waals surface area contributed by atoms with Crippen molar-refractivity contribution in [3.8, 4) is 0 Å². The first-order valence-corrected chi connectivity index (χ1v) is 6.30. The second-order valence-electron chi connectivity index (χ2n) is 4.85. The molecule has 0 saturated carbocycles. The molecule has 1 unspecified atom stereocenters. The Bertz CT molecular complexity index is 386. The zero-order chi connectivity index (χ0) is 12.3. The van der Waals surface area contributed by atoms with Gasteiger partial charge in [0, 0.05) is 18.3 Å². The summed E-state index contributed by atoms with van der Waals surface area (Å²) < 4.78 is 0. The molecular weight excluding hydrogens is 212 g/mol. The zero-order valence-corrected chi connectivity index (χ0v) is 10.4. The molecular formula is C14H20N2O. The van der Waals surface area contributed by atoms with Gasteiger partial charge in [-0.15, -0.1) is 0 Å². The summed E-state index contributed by atoms with van der Waals surface area (Å²) in [5, 5.41) is 0. The van der Waals surface area contributed by atoms with E-state index in [2.05, 4.69) is 6.92 Å². The molecule has 1 aromatic carbocycles. The molecule has 1 saturated heterocycles. The van der Waals surface area contributed by atoms with Crippen molar-refractivity contribution in [1.29, 1.82) is 0 Å². The van der Waals surface area contributed by atoms with Gasteiger partial charge in [-0.05, 0) is 43.9 Å². The van der Waals surface area contributed by atoms with E-state index in [0.717, 1.165) is 30.6 Å². The van der Waals surface area contributed by atoms with Crippen LogP contribution in [0.3, 0.4) is 0 Å². The van der Waals surface area contributed by atoms with Crippen LogP contribution in [0.25, 0.3) is 0 Å². The lowest BCUT2D eigenvalue weighted by Crippen LogP contribution is -2.42. The topological polar surface area (TPSA) is 46.3 Å². The number of nitrogen functional groups attached to an aromatic ring is 1. The number of nitrogens with zero attached hydrogens (tertiary/aromatic N) is 1. The third kappa shape index (κ3) is 2.99. The highest BCUT2D eigenvalue weighted by atomic mass is 16.2. The van der Waals surface area contributed by atoms with Gasteiger partial charge in [-0.1, -0.05) is 12.1 Å². The number of likely N-dealkylation sites (tertiary alicyclic amines) is 1. The van der Waals surface area contributed by atoms with E-state index in [1.807, 2.05) is 29.2 Å². The van der Waals surface area contributed by atoms with Crippen LogP contribution in [0.4, 0.5) is 5.69 Å². The van der Waals surface area contributed by atoms with E-state index in [-0.39, 0.29) is 5.91 Å². The second-order valence-corrected chi connectivity index (χ2v) is 4.85. The lowest BCUT2D eigenvalue weighted by Gasteiger charge is -2.33. The van der Waals surface area contributed by atoms with E-state index >= 15 is 0 Å². The van der Waals surface area contributed by atoms with Gasteiger partial charge in [0.2, 0.25) is 5.91 Å². The van der Waals surface area contributed by atoms with Crippen molar-refractivity contribution in [3.05, 3.63) is 29.8 Å². The number of rotatable bonds is 2. The van der Waals surface area contributed by atoms with Crippen LogP contribution in [0.2, 0.25) is 0 Å². The van der Waals surface area contributed by atoms with Crippen molar-refractivity contribution >= 4 is 11.6 Å². The Morgan fingerprint density at radius 2 is 2.06 bits per heavy atom. The second kappa shape index (κ2) is 5.21. The SMILES string of the molecule is CC1CCCCN1C(=O)Cc1ccc(N)cc1. The third-order valence-corrected chi connectivity index (χ3v) is 3.46. The van der Waals surface area contributed by atoms with E-state index in [0.29, 0.717) is 12.5 Å². The fourth-order valence-electron chi connectivity index (χ4n) is 2.38. The Kier molecular flexibility index (Phi) is 3.67. The molecule has 1 aliphatic rings. The number of amides is 1. The summed E-state index contributed by atoms with van der Waals surface area (Å²) in [6, 6.07) is 7.96. The van der Waals surface area contributed by atoms with Crippen molar-refractivity contribution in [2.24, 2.45) is 0 Å². The zero-order valence-electron chi connectivity index (χ0n) is 10.4. The van der Waals surface area contributed by atoms with Gasteiger partial charge in [0.25, 0.3) is 0 Å². The maximum atomic E-state index is 12.2. The summed E-state index contributed by atoms with van der Waals surface area (Å²) in [6.45, 7) is 3.05. The predicted molar refractivity (Wildman–Crippen MR) is 69.6 cm³/mol. The van der Waals surface area contributed by atoms with Crippen LogP contribution in [0, 0.1) is 0 Å². The van der Waals surface area contributed by atoms with E-state index in [9.17, 15) is 4.79 Å². The van der Waals surface area contributed by atoms with Crippen LogP contribution < -0.4 is 5.73 Å². The maximum absolute atomic E-state index is 12.2. The van der Waals surface area contributed by atoms with Gasteiger partial charge in [0.1, 0.15) is 0 Å². The summed E-state index contributed by atoms with van der Waals surface area (Å²) in [5.41, 5.74) is 7.41. The summed E-state index contributed by atoms with van der Waals surface area (Å²) in [5.74, 6) is 0.238. The molecule has 1 amide bonds. The normalized spacial score (nSPS) is 20.3. The third-order valence-electron chi connectivity index (χ3n) is 3.46. The van der Waals surface area contributed by atoms with E-state index in [1.54, 1.807) is 0 Å². The smallest absolute Gasteiger partial charge is 0.227 e. The molecule has 1 aliphatic heterocycles. The van der Waals surface area contributed by atoms with Crippen LogP contribution in [0.15, 0.2) is 24.3 Å².